The van der Waals surface area contributed by atoms with Crippen molar-refractivity contribution in [2.45, 2.75) is 25.3 Å². The first-order chi connectivity index (χ1) is 15.5. The molecule has 1 fully saturated rings. The molecule has 1 N–H and O–H groups in total. The predicted octanol–water partition coefficient (Wildman–Crippen LogP) is 4.25. The molecule has 1 saturated heterocycles. The van der Waals surface area contributed by atoms with Crippen LogP contribution in [0.5, 0.6) is 5.75 Å². The van der Waals surface area contributed by atoms with E-state index in [1.165, 1.54) is 0 Å². The van der Waals surface area contributed by atoms with Gasteiger partial charge in [-0.25, -0.2) is 5.01 Å². The van der Waals surface area contributed by atoms with Gasteiger partial charge in [-0.1, -0.05) is 41.8 Å². The minimum atomic E-state index is -0.778. The molecule has 9 heteroatoms. The van der Waals surface area contributed by atoms with Gasteiger partial charge in [0.1, 0.15) is 17.7 Å². The van der Waals surface area contributed by atoms with Crippen LogP contribution in [0.1, 0.15) is 30.9 Å². The van der Waals surface area contributed by atoms with Gasteiger partial charge >= 0.3 is 0 Å². The Kier molecular flexibility index (Phi) is 6.98. The van der Waals surface area contributed by atoms with E-state index < -0.39 is 12.0 Å². The molecule has 2 aliphatic heterocycles. The van der Waals surface area contributed by atoms with E-state index >= 15 is 0 Å². The number of carbonyl (C=O) groups is 2. The van der Waals surface area contributed by atoms with Crippen molar-refractivity contribution in [2.75, 3.05) is 25.2 Å². The Labute approximate surface area is 196 Å². The van der Waals surface area contributed by atoms with Crippen molar-refractivity contribution in [3.05, 3.63) is 58.1 Å². The van der Waals surface area contributed by atoms with Crippen LogP contribution < -0.4 is 15.2 Å². The van der Waals surface area contributed by atoms with Crippen molar-refractivity contribution >= 4 is 46.8 Å². The number of halogens is 2. The summed E-state index contributed by atoms with van der Waals surface area (Å²) in [6.45, 7) is 1.55. The molecule has 0 spiro atoms. The second kappa shape index (κ2) is 9.90. The number of ether oxygens (including phenoxy) is 1. The molecule has 2 atom stereocenters. The maximum atomic E-state index is 13.1. The van der Waals surface area contributed by atoms with Crippen LogP contribution in [-0.2, 0) is 9.59 Å². The molecule has 2 aliphatic rings. The Morgan fingerprint density at radius 2 is 1.84 bits per heavy atom. The van der Waals surface area contributed by atoms with Gasteiger partial charge in [-0.05, 0) is 48.7 Å². The molecule has 168 valence electrons. The molecular formula is C23H24Cl2N4O3. The fourth-order valence-electron chi connectivity index (χ4n) is 4.11. The first-order valence-corrected chi connectivity index (χ1v) is 11.3. The molecule has 0 radical (unpaired) electrons. The average molecular weight is 475 g/mol. The van der Waals surface area contributed by atoms with Crippen molar-refractivity contribution < 1.29 is 14.3 Å². The number of rotatable bonds is 6. The van der Waals surface area contributed by atoms with Crippen LogP contribution in [0.25, 0.3) is 0 Å². The lowest BCUT2D eigenvalue weighted by Crippen LogP contribution is -2.48. The summed E-state index contributed by atoms with van der Waals surface area (Å²) in [5, 5.41) is 8.96. The van der Waals surface area contributed by atoms with Gasteiger partial charge < -0.3 is 9.53 Å². The largest absolute Gasteiger partial charge is 0.497 e. The first kappa shape index (κ1) is 22.6. The molecule has 2 unspecified atom stereocenters. The minimum Gasteiger partial charge on any atom is -0.497 e. The molecule has 2 heterocycles. The van der Waals surface area contributed by atoms with Gasteiger partial charge in [0.25, 0.3) is 5.91 Å². The van der Waals surface area contributed by atoms with E-state index in [-0.39, 0.29) is 11.6 Å². The van der Waals surface area contributed by atoms with E-state index in [1.807, 2.05) is 29.3 Å². The highest BCUT2D eigenvalue weighted by molar-refractivity contribution is 6.43. The Morgan fingerprint density at radius 1 is 1.12 bits per heavy atom. The summed E-state index contributed by atoms with van der Waals surface area (Å²) in [7, 11) is 1.59. The number of hydrazone groups is 1. The summed E-state index contributed by atoms with van der Waals surface area (Å²) in [6, 6.07) is 11.8. The zero-order chi connectivity index (χ0) is 22.7. The number of methoxy groups -OCH3 is 1. The summed E-state index contributed by atoms with van der Waals surface area (Å²) in [5.41, 5.74) is 4.43. The first-order valence-electron chi connectivity index (χ1n) is 10.5. The molecule has 2 aromatic carbocycles. The number of benzene rings is 2. The molecule has 0 saturated carbocycles. The van der Waals surface area contributed by atoms with Crippen molar-refractivity contribution in [1.82, 2.24) is 10.4 Å². The molecule has 0 aliphatic carbocycles. The minimum absolute atomic E-state index is 0.150. The van der Waals surface area contributed by atoms with Crippen molar-refractivity contribution in [2.24, 2.45) is 11.0 Å². The fraction of sp³-hybridized carbons (Fsp3) is 0.348. The number of hydrazine groups is 1. The lowest BCUT2D eigenvalue weighted by atomic mass is 9.90. The van der Waals surface area contributed by atoms with Gasteiger partial charge in [0.05, 0.1) is 29.8 Å². The topological polar surface area (TPSA) is 74.2 Å². The number of anilines is 1. The van der Waals surface area contributed by atoms with Crippen LogP contribution >= 0.6 is 23.2 Å². The smallest absolute Gasteiger partial charge is 0.282 e. The Morgan fingerprint density at radius 3 is 2.47 bits per heavy atom. The zero-order valence-electron chi connectivity index (χ0n) is 17.6. The van der Waals surface area contributed by atoms with E-state index in [9.17, 15) is 9.59 Å². The van der Waals surface area contributed by atoms with Gasteiger partial charge in [-0.3, -0.25) is 15.2 Å². The normalized spacial score (nSPS) is 21.2. The number of aldehydes is 1. The van der Waals surface area contributed by atoms with Crippen LogP contribution in [0.2, 0.25) is 10.0 Å². The Bertz CT molecular complexity index is 1020. The van der Waals surface area contributed by atoms with Gasteiger partial charge in [-0.15, -0.1) is 0 Å². The number of nitrogens with one attached hydrogen (secondary N) is 1. The second-order valence-electron chi connectivity index (χ2n) is 7.79. The summed E-state index contributed by atoms with van der Waals surface area (Å²) in [4.78, 5) is 25.4. The molecule has 2 aromatic rings. The highest BCUT2D eigenvalue weighted by Gasteiger charge is 2.43. The molecule has 0 bridgehead atoms. The number of carbonyl (C=O) groups excluding carboxylic acids is 2. The summed E-state index contributed by atoms with van der Waals surface area (Å²) in [5.74, 6) is -0.468. The van der Waals surface area contributed by atoms with Crippen LogP contribution in [0.15, 0.2) is 47.6 Å². The molecule has 4 rings (SSSR count). The SMILES string of the molecule is COc1ccc(C2C(C=O)C(C(=O)NN3CCCCC3)=NN2c2ccc(Cl)cc2Cl)cc1. The third kappa shape index (κ3) is 4.60. The maximum Gasteiger partial charge on any atom is 0.282 e. The predicted molar refractivity (Wildman–Crippen MR) is 125 cm³/mol. The lowest BCUT2D eigenvalue weighted by Gasteiger charge is -2.28. The number of hydrogen-bond donors (Lipinski definition) is 1. The number of amides is 1. The Hall–Kier alpha value is -2.61. The second-order valence-corrected chi connectivity index (χ2v) is 8.64. The number of piperidine rings is 1. The summed E-state index contributed by atoms with van der Waals surface area (Å²) >= 11 is 12.5. The van der Waals surface area contributed by atoms with E-state index in [1.54, 1.807) is 30.3 Å². The molecular weight excluding hydrogens is 451 g/mol. The van der Waals surface area contributed by atoms with Crippen LogP contribution in [0.4, 0.5) is 5.69 Å². The molecule has 0 aromatic heterocycles. The average Bonchev–Trinajstić information content (AvgIpc) is 3.19. The standard InChI is InChI=1S/C23H24Cl2N4O3/c1-32-17-8-5-15(6-9-17)22-18(14-30)21(23(31)27-28-11-3-2-4-12-28)26-29(22)20-10-7-16(24)13-19(20)25/h5-10,13-14,18,22H,2-4,11-12H2,1H3,(H,27,31). The van der Waals surface area contributed by atoms with Crippen LogP contribution in [0, 0.1) is 5.92 Å². The van der Waals surface area contributed by atoms with E-state index in [2.05, 4.69) is 10.5 Å². The quantitative estimate of drug-likeness (QED) is 0.633. The molecule has 1 amide bonds. The van der Waals surface area contributed by atoms with E-state index in [4.69, 9.17) is 27.9 Å². The summed E-state index contributed by atoms with van der Waals surface area (Å²) < 4.78 is 5.26. The third-order valence-corrected chi connectivity index (χ3v) is 6.28. The highest BCUT2D eigenvalue weighted by Crippen LogP contribution is 2.42. The van der Waals surface area contributed by atoms with Gasteiger partial charge in [0.2, 0.25) is 0 Å². The van der Waals surface area contributed by atoms with Crippen molar-refractivity contribution in [3.8, 4) is 5.75 Å². The monoisotopic (exact) mass is 474 g/mol. The number of hydrogen-bond acceptors (Lipinski definition) is 6. The lowest BCUT2D eigenvalue weighted by molar-refractivity contribution is -0.120. The molecule has 7 nitrogen and oxygen atoms in total. The van der Waals surface area contributed by atoms with Gasteiger partial charge in [0, 0.05) is 18.1 Å². The van der Waals surface area contributed by atoms with Crippen molar-refractivity contribution in [1.29, 1.82) is 0 Å². The van der Waals surface area contributed by atoms with Crippen molar-refractivity contribution in [3.63, 3.8) is 0 Å². The number of nitrogens with zero attached hydrogens (tertiary/aromatic N) is 3. The van der Waals surface area contributed by atoms with E-state index in [0.29, 0.717) is 21.5 Å². The third-order valence-electron chi connectivity index (χ3n) is 5.74. The van der Waals surface area contributed by atoms with Gasteiger partial charge in [-0.2, -0.15) is 5.10 Å². The Balaban J connectivity index is 1.72. The summed E-state index contributed by atoms with van der Waals surface area (Å²) in [6.07, 6.45) is 3.95. The maximum absolute atomic E-state index is 13.1. The zero-order valence-corrected chi connectivity index (χ0v) is 19.1. The van der Waals surface area contributed by atoms with Gasteiger partial charge in [0.15, 0.2) is 0 Å². The highest BCUT2D eigenvalue weighted by atomic mass is 35.5. The van der Waals surface area contributed by atoms with Crippen LogP contribution in [-0.4, -0.2) is 43.1 Å². The van der Waals surface area contributed by atoms with E-state index in [0.717, 1.165) is 44.2 Å². The molecule has 32 heavy (non-hydrogen) atoms. The van der Waals surface area contributed by atoms with Crippen LogP contribution in [0.3, 0.4) is 0 Å². The fourth-order valence-corrected chi connectivity index (χ4v) is 4.60.